The lowest BCUT2D eigenvalue weighted by atomic mass is 9.98. The summed E-state index contributed by atoms with van der Waals surface area (Å²) in [6.45, 7) is 6.67. The smallest absolute Gasteiger partial charge is 0.295 e. The highest BCUT2D eigenvalue weighted by molar-refractivity contribution is 6.47. The summed E-state index contributed by atoms with van der Waals surface area (Å²) in [6.07, 6.45) is 1.60. The van der Waals surface area contributed by atoms with Crippen molar-refractivity contribution >= 4 is 29.1 Å². The van der Waals surface area contributed by atoms with Crippen LogP contribution in [0.2, 0.25) is 5.02 Å². The summed E-state index contributed by atoms with van der Waals surface area (Å²) in [6, 6.07) is 9.23. The molecular weight excluding hydrogens is 418 g/mol. The molecule has 1 saturated heterocycles. The van der Waals surface area contributed by atoms with Crippen LogP contribution in [0.15, 0.2) is 48.2 Å². The molecule has 7 nitrogen and oxygen atoms in total. The number of rotatable bonds is 8. The predicted molar refractivity (Wildman–Crippen MR) is 119 cm³/mol. The van der Waals surface area contributed by atoms with Crippen LogP contribution in [0.5, 0.6) is 5.75 Å². The number of Topliss-reactive ketones (excluding diaryl/α,β-unsaturated/α-hetero) is 1. The molecule has 0 bridgehead atoms. The van der Waals surface area contributed by atoms with Gasteiger partial charge < -0.3 is 19.6 Å². The number of aliphatic hydroxyl groups excluding tert-OH is 1. The van der Waals surface area contributed by atoms with Crippen LogP contribution in [0, 0.1) is 0 Å². The first-order valence-electron chi connectivity index (χ1n) is 10.2. The van der Waals surface area contributed by atoms with Crippen molar-refractivity contribution in [3.05, 3.63) is 64.4 Å². The van der Waals surface area contributed by atoms with Gasteiger partial charge in [0.1, 0.15) is 17.6 Å². The number of likely N-dealkylation sites (N-methyl/N-ethyl adjacent to an activating group) is 1. The Morgan fingerprint density at radius 3 is 2.58 bits per heavy atom. The largest absolute Gasteiger partial charge is 0.507 e. The third-order valence-electron chi connectivity index (χ3n) is 5.49. The van der Waals surface area contributed by atoms with Crippen LogP contribution >= 0.6 is 11.6 Å². The number of ketones is 1. The van der Waals surface area contributed by atoms with Gasteiger partial charge in [0.2, 0.25) is 0 Å². The SMILES string of the molecule is CCN(CC)CCN1C(=O)C(=O)/C(=C(/O)c2cc(OC)ccc2Cl)C1c1ccccn1. The van der Waals surface area contributed by atoms with Crippen molar-refractivity contribution in [1.29, 1.82) is 0 Å². The zero-order chi connectivity index (χ0) is 22.5. The lowest BCUT2D eigenvalue weighted by Crippen LogP contribution is -2.38. The second-order valence-electron chi connectivity index (χ2n) is 7.12. The summed E-state index contributed by atoms with van der Waals surface area (Å²) >= 11 is 6.30. The van der Waals surface area contributed by atoms with Crippen molar-refractivity contribution in [2.24, 2.45) is 0 Å². The fourth-order valence-corrected chi connectivity index (χ4v) is 3.91. The number of hydrogen-bond donors (Lipinski definition) is 1. The molecule has 31 heavy (non-hydrogen) atoms. The van der Waals surface area contributed by atoms with E-state index in [1.54, 1.807) is 36.5 Å². The molecule has 3 rings (SSSR count). The molecule has 0 radical (unpaired) electrons. The summed E-state index contributed by atoms with van der Waals surface area (Å²) in [5.74, 6) is -1.30. The quantitative estimate of drug-likeness (QED) is 0.382. The van der Waals surface area contributed by atoms with Gasteiger partial charge in [-0.1, -0.05) is 31.5 Å². The minimum absolute atomic E-state index is 0.0293. The van der Waals surface area contributed by atoms with Crippen molar-refractivity contribution in [1.82, 2.24) is 14.8 Å². The molecule has 164 valence electrons. The Bertz CT molecular complexity index is 990. The van der Waals surface area contributed by atoms with E-state index >= 15 is 0 Å². The van der Waals surface area contributed by atoms with Gasteiger partial charge >= 0.3 is 0 Å². The Hall–Kier alpha value is -2.90. The standard InChI is InChI=1S/C23H26ClN3O4/c1-4-26(5-2)12-13-27-20(18-8-6-7-11-25-18)19(22(29)23(27)30)21(28)16-14-15(31-3)9-10-17(16)24/h6-11,14,20,28H,4-5,12-13H2,1-3H3/b21-19+. The molecule has 2 heterocycles. The van der Waals surface area contributed by atoms with E-state index in [9.17, 15) is 14.7 Å². The molecule has 1 fully saturated rings. The number of aliphatic hydroxyl groups is 1. The van der Waals surface area contributed by atoms with Crippen LogP contribution < -0.4 is 4.74 Å². The van der Waals surface area contributed by atoms with Gasteiger partial charge in [-0.3, -0.25) is 14.6 Å². The number of nitrogens with zero attached hydrogens (tertiary/aromatic N) is 3. The number of amides is 1. The average molecular weight is 444 g/mol. The molecule has 0 saturated carbocycles. The normalized spacial score (nSPS) is 18.1. The molecule has 0 spiro atoms. The minimum Gasteiger partial charge on any atom is -0.507 e. The van der Waals surface area contributed by atoms with E-state index in [4.69, 9.17) is 16.3 Å². The molecule has 1 aromatic heterocycles. The molecule has 8 heteroatoms. The van der Waals surface area contributed by atoms with Crippen molar-refractivity contribution in [3.8, 4) is 5.75 Å². The molecule has 1 unspecified atom stereocenters. The maximum Gasteiger partial charge on any atom is 0.295 e. The van der Waals surface area contributed by atoms with E-state index < -0.39 is 17.7 Å². The number of benzene rings is 1. The number of carbonyl (C=O) groups excluding carboxylic acids is 2. The Labute approximate surface area is 186 Å². The van der Waals surface area contributed by atoms with E-state index in [0.717, 1.165) is 13.1 Å². The van der Waals surface area contributed by atoms with E-state index in [2.05, 4.69) is 9.88 Å². The van der Waals surface area contributed by atoms with Gasteiger partial charge in [0.15, 0.2) is 0 Å². The number of pyridine rings is 1. The third-order valence-corrected chi connectivity index (χ3v) is 5.82. The number of hydrogen-bond acceptors (Lipinski definition) is 6. The van der Waals surface area contributed by atoms with Crippen molar-refractivity contribution in [2.45, 2.75) is 19.9 Å². The first kappa shape index (κ1) is 22.8. The van der Waals surface area contributed by atoms with Gasteiger partial charge in [0.05, 0.1) is 23.4 Å². The van der Waals surface area contributed by atoms with Crippen LogP contribution in [-0.2, 0) is 9.59 Å². The van der Waals surface area contributed by atoms with E-state index in [0.29, 0.717) is 24.5 Å². The van der Waals surface area contributed by atoms with Gasteiger partial charge in [0.25, 0.3) is 11.7 Å². The van der Waals surface area contributed by atoms with E-state index in [-0.39, 0.29) is 21.9 Å². The van der Waals surface area contributed by atoms with E-state index in [1.807, 2.05) is 13.8 Å². The van der Waals surface area contributed by atoms with Crippen LogP contribution in [0.3, 0.4) is 0 Å². The van der Waals surface area contributed by atoms with Gasteiger partial charge in [0, 0.05) is 24.8 Å². The van der Waals surface area contributed by atoms with Gasteiger partial charge in [-0.05, 0) is 43.4 Å². The molecular formula is C23H26ClN3O4. The lowest BCUT2D eigenvalue weighted by molar-refractivity contribution is -0.140. The summed E-state index contributed by atoms with van der Waals surface area (Å²) in [4.78, 5) is 34.0. The van der Waals surface area contributed by atoms with Crippen molar-refractivity contribution in [3.63, 3.8) is 0 Å². The minimum atomic E-state index is -0.806. The van der Waals surface area contributed by atoms with Crippen molar-refractivity contribution in [2.75, 3.05) is 33.3 Å². The second kappa shape index (κ2) is 9.94. The monoisotopic (exact) mass is 443 g/mol. The first-order chi connectivity index (χ1) is 14.9. The summed E-state index contributed by atoms with van der Waals surface area (Å²) in [7, 11) is 1.49. The Kier molecular flexibility index (Phi) is 7.30. The highest BCUT2D eigenvalue weighted by Gasteiger charge is 2.46. The van der Waals surface area contributed by atoms with E-state index in [1.165, 1.54) is 18.1 Å². The fraction of sp³-hybridized carbons (Fsp3) is 0.348. The van der Waals surface area contributed by atoms with Crippen LogP contribution in [0.4, 0.5) is 0 Å². The topological polar surface area (TPSA) is 83.0 Å². The van der Waals surface area contributed by atoms with Gasteiger partial charge in [-0.15, -0.1) is 0 Å². The first-order valence-corrected chi connectivity index (χ1v) is 10.6. The third kappa shape index (κ3) is 4.57. The Balaban J connectivity index is 2.12. The lowest BCUT2D eigenvalue weighted by Gasteiger charge is -2.27. The molecule has 1 aliphatic heterocycles. The highest BCUT2D eigenvalue weighted by Crippen LogP contribution is 2.40. The maximum absolute atomic E-state index is 13.0. The number of carbonyl (C=O) groups is 2. The second-order valence-corrected chi connectivity index (χ2v) is 7.53. The fourth-order valence-electron chi connectivity index (χ4n) is 3.70. The number of ether oxygens (including phenoxy) is 1. The molecule has 1 aliphatic rings. The van der Waals surface area contributed by atoms with Crippen LogP contribution in [0.1, 0.15) is 31.1 Å². The molecule has 1 N–H and O–H groups in total. The molecule has 1 amide bonds. The number of methoxy groups -OCH3 is 1. The average Bonchev–Trinajstić information content (AvgIpc) is 3.05. The predicted octanol–water partition coefficient (Wildman–Crippen LogP) is 3.51. The highest BCUT2D eigenvalue weighted by atomic mass is 35.5. The summed E-state index contributed by atoms with van der Waals surface area (Å²) in [5.41, 5.74) is 0.698. The zero-order valence-electron chi connectivity index (χ0n) is 17.8. The summed E-state index contributed by atoms with van der Waals surface area (Å²) < 4.78 is 5.22. The van der Waals surface area contributed by atoms with Crippen LogP contribution in [0.25, 0.3) is 5.76 Å². The Morgan fingerprint density at radius 2 is 1.97 bits per heavy atom. The zero-order valence-corrected chi connectivity index (χ0v) is 18.6. The van der Waals surface area contributed by atoms with Gasteiger partial charge in [-0.2, -0.15) is 0 Å². The summed E-state index contributed by atoms with van der Waals surface area (Å²) in [5, 5.41) is 11.4. The molecule has 1 aromatic carbocycles. The molecule has 2 aromatic rings. The number of halogens is 1. The number of likely N-dealkylation sites (tertiary alicyclic amines) is 1. The van der Waals surface area contributed by atoms with Crippen molar-refractivity contribution < 1.29 is 19.4 Å². The van der Waals surface area contributed by atoms with Gasteiger partial charge in [-0.25, -0.2) is 0 Å². The molecule has 1 atom stereocenters. The van der Waals surface area contributed by atoms with Crippen LogP contribution in [-0.4, -0.2) is 64.9 Å². The number of aromatic nitrogens is 1. The maximum atomic E-state index is 13.0. The Morgan fingerprint density at radius 1 is 1.23 bits per heavy atom. The molecule has 0 aliphatic carbocycles.